The van der Waals surface area contributed by atoms with Crippen molar-refractivity contribution in [2.45, 2.75) is 0 Å². The third-order valence-electron chi connectivity index (χ3n) is 1.49. The van der Waals surface area contributed by atoms with E-state index in [0.29, 0.717) is 11.0 Å². The van der Waals surface area contributed by atoms with Gasteiger partial charge in [-0.1, -0.05) is 0 Å². The predicted molar refractivity (Wildman–Crippen MR) is 58.0 cm³/mol. The van der Waals surface area contributed by atoms with Crippen LogP contribution >= 0.6 is 7.82 Å². The van der Waals surface area contributed by atoms with E-state index in [-0.39, 0.29) is 13.2 Å². The van der Waals surface area contributed by atoms with Crippen molar-refractivity contribution in [2.75, 3.05) is 40.9 Å². The van der Waals surface area contributed by atoms with Gasteiger partial charge in [-0.2, -0.15) is 0 Å². The summed E-state index contributed by atoms with van der Waals surface area (Å²) in [6, 6.07) is 0. The zero-order valence-electron chi connectivity index (χ0n) is 9.42. The van der Waals surface area contributed by atoms with E-state index in [0.717, 1.165) is 0 Å². The second-order valence-corrected chi connectivity index (χ2v) is 5.49. The summed E-state index contributed by atoms with van der Waals surface area (Å²) in [6.45, 7) is 0.763. The van der Waals surface area contributed by atoms with Crippen LogP contribution in [0, 0.1) is 0 Å². The zero-order chi connectivity index (χ0) is 11.9. The van der Waals surface area contributed by atoms with Gasteiger partial charge in [0.05, 0.1) is 27.7 Å². The molecule has 7 heteroatoms. The molecular formula is C8H20N2O4P+. The molecule has 15 heavy (non-hydrogen) atoms. The van der Waals surface area contributed by atoms with E-state index in [9.17, 15) is 4.57 Å². The van der Waals surface area contributed by atoms with Crippen LogP contribution < -0.4 is 5.73 Å². The highest BCUT2D eigenvalue weighted by Gasteiger charge is 2.21. The van der Waals surface area contributed by atoms with Crippen molar-refractivity contribution < 1.29 is 23.0 Å². The van der Waals surface area contributed by atoms with Crippen molar-refractivity contribution in [1.82, 2.24) is 0 Å². The standard InChI is InChI=1S/C8H19N2O4P/c1-10(2,3)6-8-14-15(11,12)13-7-4-5-9/h4-5H,6-9H2,1-3H3/p+1. The van der Waals surface area contributed by atoms with Crippen LogP contribution in [0.15, 0.2) is 12.3 Å². The molecule has 90 valence electrons. The third kappa shape index (κ3) is 9.90. The van der Waals surface area contributed by atoms with E-state index in [1.165, 1.54) is 12.3 Å². The first kappa shape index (κ1) is 14.6. The van der Waals surface area contributed by atoms with E-state index in [1.807, 2.05) is 21.1 Å². The Morgan fingerprint density at radius 2 is 2.00 bits per heavy atom. The van der Waals surface area contributed by atoms with Crippen LogP contribution in [0.2, 0.25) is 0 Å². The van der Waals surface area contributed by atoms with Crippen LogP contribution in [0.3, 0.4) is 0 Å². The monoisotopic (exact) mass is 239 g/mol. The normalized spacial score (nSPS) is 16.8. The number of nitrogens with two attached hydrogens (primary N) is 1. The van der Waals surface area contributed by atoms with Gasteiger partial charge in [0.15, 0.2) is 0 Å². The molecule has 0 fully saturated rings. The summed E-state index contributed by atoms with van der Waals surface area (Å²) < 4.78 is 21.2. The highest BCUT2D eigenvalue weighted by atomic mass is 31.2. The number of quaternary nitrogens is 1. The number of likely N-dealkylation sites (N-methyl/N-ethyl adjacent to an activating group) is 1. The van der Waals surface area contributed by atoms with Gasteiger partial charge in [-0.25, -0.2) is 4.57 Å². The maximum absolute atomic E-state index is 11.2. The van der Waals surface area contributed by atoms with Crippen molar-refractivity contribution >= 4 is 7.82 Å². The van der Waals surface area contributed by atoms with E-state index in [2.05, 4.69) is 4.52 Å². The summed E-state index contributed by atoms with van der Waals surface area (Å²) in [6.07, 6.45) is 2.66. The van der Waals surface area contributed by atoms with Crippen LogP contribution in [-0.2, 0) is 13.6 Å². The maximum Gasteiger partial charge on any atom is 0.472 e. The molecule has 0 heterocycles. The second kappa shape index (κ2) is 6.25. The van der Waals surface area contributed by atoms with Crippen LogP contribution in [0.1, 0.15) is 0 Å². The van der Waals surface area contributed by atoms with Gasteiger partial charge in [0.1, 0.15) is 13.2 Å². The van der Waals surface area contributed by atoms with Gasteiger partial charge >= 0.3 is 7.82 Å². The quantitative estimate of drug-likeness (QED) is 0.493. The molecule has 0 aromatic carbocycles. The summed E-state index contributed by atoms with van der Waals surface area (Å²) in [5, 5.41) is 0. The van der Waals surface area contributed by atoms with Gasteiger partial charge in [-0.15, -0.1) is 0 Å². The fourth-order valence-corrected chi connectivity index (χ4v) is 1.32. The molecule has 0 saturated heterocycles. The van der Waals surface area contributed by atoms with Gasteiger partial charge in [-0.3, -0.25) is 9.05 Å². The molecule has 0 bridgehead atoms. The lowest BCUT2D eigenvalue weighted by Crippen LogP contribution is -2.37. The molecule has 0 rings (SSSR count). The molecule has 0 aromatic heterocycles. The Morgan fingerprint density at radius 3 is 2.47 bits per heavy atom. The van der Waals surface area contributed by atoms with Gasteiger partial charge in [0, 0.05) is 0 Å². The van der Waals surface area contributed by atoms with Gasteiger partial charge in [0.25, 0.3) is 0 Å². The number of nitrogens with zero attached hydrogens (tertiary/aromatic N) is 1. The highest BCUT2D eigenvalue weighted by Crippen LogP contribution is 2.42. The molecule has 0 saturated carbocycles. The minimum Gasteiger partial charge on any atom is -0.405 e. The van der Waals surface area contributed by atoms with E-state index in [4.69, 9.17) is 15.2 Å². The Labute approximate surface area is 90.5 Å². The molecule has 1 unspecified atom stereocenters. The van der Waals surface area contributed by atoms with Crippen molar-refractivity contribution in [1.29, 1.82) is 0 Å². The minimum atomic E-state index is -3.93. The van der Waals surface area contributed by atoms with Crippen molar-refractivity contribution in [3.05, 3.63) is 12.3 Å². The second-order valence-electron chi connectivity index (χ2n) is 4.04. The number of phosphoric acid groups is 1. The van der Waals surface area contributed by atoms with Crippen LogP contribution in [0.5, 0.6) is 0 Å². The van der Waals surface area contributed by atoms with Crippen molar-refractivity contribution in [2.24, 2.45) is 5.73 Å². The molecule has 0 radical (unpaired) electrons. The Kier molecular flexibility index (Phi) is 6.09. The lowest BCUT2D eigenvalue weighted by Gasteiger charge is -2.23. The first-order valence-corrected chi connectivity index (χ1v) is 6.05. The fourth-order valence-electron chi connectivity index (χ4n) is 0.660. The van der Waals surface area contributed by atoms with Gasteiger partial charge in [0.2, 0.25) is 0 Å². The number of phosphoric ester groups is 1. The molecule has 6 nitrogen and oxygen atoms in total. The van der Waals surface area contributed by atoms with E-state index >= 15 is 0 Å². The summed E-state index contributed by atoms with van der Waals surface area (Å²) in [5.41, 5.74) is 5.04. The van der Waals surface area contributed by atoms with E-state index < -0.39 is 7.82 Å². The highest BCUT2D eigenvalue weighted by molar-refractivity contribution is 7.47. The summed E-state index contributed by atoms with van der Waals surface area (Å²) >= 11 is 0. The lowest BCUT2D eigenvalue weighted by molar-refractivity contribution is -0.870. The molecule has 0 aromatic rings. The summed E-state index contributed by atoms with van der Waals surface area (Å²) in [7, 11) is 1.96. The smallest absolute Gasteiger partial charge is 0.405 e. The molecule has 0 spiro atoms. The van der Waals surface area contributed by atoms with Gasteiger partial charge in [-0.05, 0) is 12.3 Å². The maximum atomic E-state index is 11.2. The fraction of sp³-hybridized carbons (Fsp3) is 0.750. The van der Waals surface area contributed by atoms with Crippen LogP contribution in [-0.4, -0.2) is 50.3 Å². The molecule has 0 aliphatic carbocycles. The Hall–Kier alpha value is -0.390. The molecule has 0 aliphatic heterocycles. The average Bonchev–Trinajstić information content (AvgIpc) is 2.01. The topological polar surface area (TPSA) is 81.8 Å². The van der Waals surface area contributed by atoms with Crippen molar-refractivity contribution in [3.8, 4) is 0 Å². The largest absolute Gasteiger partial charge is 0.472 e. The average molecular weight is 239 g/mol. The SMILES string of the molecule is C[N+](C)(C)CCOP(=O)(O)OCC=CN. The zero-order valence-corrected chi connectivity index (χ0v) is 10.3. The molecular weight excluding hydrogens is 219 g/mol. The first-order valence-electron chi connectivity index (χ1n) is 4.56. The molecule has 1 atom stereocenters. The Bertz CT molecular complexity index is 250. The summed E-state index contributed by atoms with van der Waals surface area (Å²) in [5.74, 6) is 0. The van der Waals surface area contributed by atoms with Crippen LogP contribution in [0.4, 0.5) is 0 Å². The van der Waals surface area contributed by atoms with Crippen LogP contribution in [0.25, 0.3) is 0 Å². The predicted octanol–water partition coefficient (Wildman–Crippen LogP) is 0.299. The number of hydrogen-bond donors (Lipinski definition) is 2. The third-order valence-corrected chi connectivity index (χ3v) is 2.47. The van der Waals surface area contributed by atoms with Gasteiger partial charge < -0.3 is 15.1 Å². The summed E-state index contributed by atoms with van der Waals surface area (Å²) in [4.78, 5) is 9.17. The molecule has 0 amide bonds. The number of rotatable bonds is 7. The molecule has 0 aliphatic rings. The Morgan fingerprint density at radius 1 is 1.40 bits per heavy atom. The molecule has 3 N–H and O–H groups in total. The lowest BCUT2D eigenvalue weighted by atomic mass is 10.5. The Balaban J connectivity index is 3.79. The first-order chi connectivity index (χ1) is 6.77. The minimum absolute atomic E-state index is 0.0331. The number of hydrogen-bond acceptors (Lipinski definition) is 4. The van der Waals surface area contributed by atoms with Crippen molar-refractivity contribution in [3.63, 3.8) is 0 Å². The van der Waals surface area contributed by atoms with E-state index in [1.54, 1.807) is 0 Å².